The molecule has 2 nitrogen and oxygen atoms in total. The van der Waals surface area contributed by atoms with E-state index in [1.807, 2.05) is 13.8 Å². The maximum absolute atomic E-state index is 8.88. The predicted molar refractivity (Wildman–Crippen MR) is 62.5 cm³/mol. The molecule has 0 aromatic heterocycles. The summed E-state index contributed by atoms with van der Waals surface area (Å²) in [6, 6.07) is 0. The average Bonchev–Trinajstić information content (AvgIpc) is 2.46. The van der Waals surface area contributed by atoms with Crippen LogP contribution in [0.5, 0.6) is 0 Å². The standard InChI is InChI=1S/C10H21NO.C2H6/c1-4-9-5-6-11(7-8-12)10(9,2)3;1-2/h9,12H,4-8H2,1-3H3;1-2H3. The summed E-state index contributed by atoms with van der Waals surface area (Å²) < 4.78 is 0. The molecule has 1 heterocycles. The van der Waals surface area contributed by atoms with Gasteiger partial charge in [0, 0.05) is 12.1 Å². The zero-order valence-electron chi connectivity index (χ0n) is 10.5. The van der Waals surface area contributed by atoms with Gasteiger partial charge in [0.25, 0.3) is 0 Å². The molecule has 1 aliphatic rings. The van der Waals surface area contributed by atoms with Gasteiger partial charge in [-0.1, -0.05) is 27.2 Å². The molecule has 0 aliphatic carbocycles. The van der Waals surface area contributed by atoms with Crippen molar-refractivity contribution in [3.63, 3.8) is 0 Å². The molecule has 86 valence electrons. The molecule has 14 heavy (non-hydrogen) atoms. The predicted octanol–water partition coefficient (Wildman–Crippen LogP) is 2.52. The Kier molecular flexibility index (Phi) is 6.38. The Morgan fingerprint density at radius 3 is 2.29 bits per heavy atom. The van der Waals surface area contributed by atoms with Crippen molar-refractivity contribution < 1.29 is 5.11 Å². The van der Waals surface area contributed by atoms with Crippen LogP contribution in [0.1, 0.15) is 47.5 Å². The quantitative estimate of drug-likeness (QED) is 0.758. The van der Waals surface area contributed by atoms with Crippen molar-refractivity contribution in [1.82, 2.24) is 4.90 Å². The normalized spacial score (nSPS) is 25.7. The molecule has 2 heteroatoms. The van der Waals surface area contributed by atoms with E-state index < -0.39 is 0 Å². The van der Waals surface area contributed by atoms with E-state index in [9.17, 15) is 0 Å². The Morgan fingerprint density at radius 1 is 1.36 bits per heavy atom. The van der Waals surface area contributed by atoms with Crippen LogP contribution in [0.25, 0.3) is 0 Å². The summed E-state index contributed by atoms with van der Waals surface area (Å²) in [5, 5.41) is 8.88. The summed E-state index contributed by atoms with van der Waals surface area (Å²) in [6.45, 7) is 13.1. The minimum Gasteiger partial charge on any atom is -0.395 e. The van der Waals surface area contributed by atoms with Crippen molar-refractivity contribution in [2.75, 3.05) is 19.7 Å². The van der Waals surface area contributed by atoms with Gasteiger partial charge in [-0.3, -0.25) is 4.90 Å². The van der Waals surface area contributed by atoms with Crippen molar-refractivity contribution in [2.24, 2.45) is 5.92 Å². The highest BCUT2D eigenvalue weighted by atomic mass is 16.3. The summed E-state index contributed by atoms with van der Waals surface area (Å²) in [6.07, 6.45) is 2.55. The number of likely N-dealkylation sites (tertiary alicyclic amines) is 1. The van der Waals surface area contributed by atoms with Crippen molar-refractivity contribution in [1.29, 1.82) is 0 Å². The fourth-order valence-electron chi connectivity index (χ4n) is 2.44. The Labute approximate surface area is 89.3 Å². The second kappa shape index (κ2) is 6.41. The van der Waals surface area contributed by atoms with E-state index in [2.05, 4.69) is 25.7 Å². The lowest BCUT2D eigenvalue weighted by Gasteiger charge is -2.35. The zero-order chi connectivity index (χ0) is 11.2. The Bertz CT molecular complexity index is 145. The Morgan fingerprint density at radius 2 is 1.93 bits per heavy atom. The summed E-state index contributed by atoms with van der Waals surface area (Å²) in [7, 11) is 0. The first-order valence-electron chi connectivity index (χ1n) is 5.98. The average molecular weight is 201 g/mol. The van der Waals surface area contributed by atoms with Crippen molar-refractivity contribution in [3.05, 3.63) is 0 Å². The van der Waals surface area contributed by atoms with Gasteiger partial charge in [0.15, 0.2) is 0 Å². The van der Waals surface area contributed by atoms with E-state index in [4.69, 9.17) is 5.11 Å². The third-order valence-corrected chi connectivity index (χ3v) is 3.42. The number of hydrogen-bond acceptors (Lipinski definition) is 2. The molecule has 1 saturated heterocycles. The van der Waals surface area contributed by atoms with Crippen LogP contribution >= 0.6 is 0 Å². The molecule has 0 radical (unpaired) electrons. The van der Waals surface area contributed by atoms with Crippen LogP contribution in [0.4, 0.5) is 0 Å². The topological polar surface area (TPSA) is 23.5 Å². The number of hydrogen-bond donors (Lipinski definition) is 1. The van der Waals surface area contributed by atoms with Crippen molar-refractivity contribution in [3.8, 4) is 0 Å². The SMILES string of the molecule is CC.CCC1CCN(CCO)C1(C)C. The second-order valence-electron chi connectivity index (χ2n) is 4.26. The lowest BCUT2D eigenvalue weighted by Crippen LogP contribution is -2.43. The van der Waals surface area contributed by atoms with E-state index in [0.717, 1.165) is 19.0 Å². The van der Waals surface area contributed by atoms with Crippen LogP contribution in [0.15, 0.2) is 0 Å². The number of nitrogens with zero attached hydrogens (tertiary/aromatic N) is 1. The van der Waals surface area contributed by atoms with Crippen molar-refractivity contribution >= 4 is 0 Å². The van der Waals surface area contributed by atoms with Crippen LogP contribution in [0, 0.1) is 5.92 Å². The van der Waals surface area contributed by atoms with Gasteiger partial charge >= 0.3 is 0 Å². The molecule has 1 aliphatic heterocycles. The van der Waals surface area contributed by atoms with Gasteiger partial charge in [0.05, 0.1) is 6.61 Å². The Balaban J connectivity index is 0.000000791. The van der Waals surface area contributed by atoms with E-state index in [-0.39, 0.29) is 0 Å². The van der Waals surface area contributed by atoms with Gasteiger partial charge in [-0.2, -0.15) is 0 Å². The first kappa shape index (κ1) is 13.9. The molecule has 0 saturated carbocycles. The molecule has 1 fully saturated rings. The number of aliphatic hydroxyl groups excluding tert-OH is 1. The van der Waals surface area contributed by atoms with Gasteiger partial charge in [-0.05, 0) is 32.7 Å². The van der Waals surface area contributed by atoms with E-state index >= 15 is 0 Å². The first-order valence-corrected chi connectivity index (χ1v) is 5.98. The van der Waals surface area contributed by atoms with Gasteiger partial charge in [0.2, 0.25) is 0 Å². The number of β-amino-alcohol motifs (C(OH)–C–C–N with tert-alkyl or cyclic N) is 1. The minimum atomic E-state index is 0.292. The molecular formula is C12H27NO. The fraction of sp³-hybridized carbons (Fsp3) is 1.00. The lowest BCUT2D eigenvalue weighted by molar-refractivity contribution is 0.109. The monoisotopic (exact) mass is 201 g/mol. The maximum Gasteiger partial charge on any atom is 0.0558 e. The highest BCUT2D eigenvalue weighted by molar-refractivity contribution is 4.94. The fourth-order valence-corrected chi connectivity index (χ4v) is 2.44. The molecule has 1 rings (SSSR count). The highest BCUT2D eigenvalue weighted by Gasteiger charge is 2.39. The van der Waals surface area contributed by atoms with Crippen LogP contribution < -0.4 is 0 Å². The van der Waals surface area contributed by atoms with Crippen molar-refractivity contribution in [2.45, 2.75) is 53.0 Å². The zero-order valence-corrected chi connectivity index (χ0v) is 10.5. The number of rotatable bonds is 3. The van der Waals surface area contributed by atoms with E-state index in [1.54, 1.807) is 0 Å². The lowest BCUT2D eigenvalue weighted by atomic mass is 9.86. The molecule has 0 aromatic rings. The van der Waals surface area contributed by atoms with Crippen LogP contribution in [0.3, 0.4) is 0 Å². The smallest absolute Gasteiger partial charge is 0.0558 e. The Hall–Kier alpha value is -0.0800. The second-order valence-corrected chi connectivity index (χ2v) is 4.26. The van der Waals surface area contributed by atoms with Gasteiger partial charge in [-0.25, -0.2) is 0 Å². The molecule has 0 spiro atoms. The molecule has 0 amide bonds. The highest BCUT2D eigenvalue weighted by Crippen LogP contribution is 2.35. The van der Waals surface area contributed by atoms with Crippen LogP contribution in [0.2, 0.25) is 0 Å². The third kappa shape index (κ3) is 2.96. The molecule has 0 aromatic carbocycles. The molecular weight excluding hydrogens is 174 g/mol. The largest absolute Gasteiger partial charge is 0.395 e. The summed E-state index contributed by atoms with van der Waals surface area (Å²) >= 11 is 0. The van der Waals surface area contributed by atoms with Gasteiger partial charge in [-0.15, -0.1) is 0 Å². The van der Waals surface area contributed by atoms with E-state index in [1.165, 1.54) is 12.8 Å². The molecule has 1 atom stereocenters. The third-order valence-electron chi connectivity index (χ3n) is 3.42. The number of aliphatic hydroxyl groups is 1. The van der Waals surface area contributed by atoms with Gasteiger partial charge < -0.3 is 5.11 Å². The summed E-state index contributed by atoms with van der Waals surface area (Å²) in [5.74, 6) is 0.809. The van der Waals surface area contributed by atoms with Crippen LogP contribution in [-0.4, -0.2) is 35.2 Å². The van der Waals surface area contributed by atoms with E-state index in [0.29, 0.717) is 12.1 Å². The first-order chi connectivity index (χ1) is 6.62. The summed E-state index contributed by atoms with van der Waals surface area (Å²) in [4.78, 5) is 2.40. The maximum atomic E-state index is 8.88. The molecule has 1 unspecified atom stereocenters. The summed E-state index contributed by atoms with van der Waals surface area (Å²) in [5.41, 5.74) is 0.303. The van der Waals surface area contributed by atoms with Crippen LogP contribution in [-0.2, 0) is 0 Å². The van der Waals surface area contributed by atoms with Gasteiger partial charge in [0.1, 0.15) is 0 Å². The minimum absolute atomic E-state index is 0.292. The molecule has 0 bridgehead atoms. The molecule has 1 N–H and O–H groups in total.